The standard InChI is InChI=1S/C17H21N3O2/c1-13-5-3-8-18-15(13)11-20(10-7-17(21)22)12-16-14(2)6-4-9-19-16/h3-6,8-9H,7,10-12H2,1-2H3,(H,21,22). The van der Waals surface area contributed by atoms with Gasteiger partial charge >= 0.3 is 5.97 Å². The number of carboxylic acids is 1. The summed E-state index contributed by atoms with van der Waals surface area (Å²) < 4.78 is 0. The lowest BCUT2D eigenvalue weighted by atomic mass is 10.1. The van der Waals surface area contributed by atoms with Crippen molar-refractivity contribution in [3.63, 3.8) is 0 Å². The number of carboxylic acid groups (broad SMARTS) is 1. The molecule has 0 aliphatic heterocycles. The van der Waals surface area contributed by atoms with Crippen LogP contribution in [0.3, 0.4) is 0 Å². The van der Waals surface area contributed by atoms with Crippen molar-refractivity contribution < 1.29 is 9.90 Å². The quantitative estimate of drug-likeness (QED) is 0.851. The van der Waals surface area contributed by atoms with E-state index in [0.29, 0.717) is 19.6 Å². The van der Waals surface area contributed by atoms with Gasteiger partial charge in [-0.3, -0.25) is 19.7 Å². The van der Waals surface area contributed by atoms with E-state index in [4.69, 9.17) is 5.11 Å². The van der Waals surface area contributed by atoms with Crippen molar-refractivity contribution >= 4 is 5.97 Å². The first-order valence-electron chi connectivity index (χ1n) is 7.31. The zero-order valence-electron chi connectivity index (χ0n) is 13.0. The lowest BCUT2D eigenvalue weighted by molar-refractivity contribution is -0.137. The molecule has 2 rings (SSSR count). The topological polar surface area (TPSA) is 66.3 Å². The Morgan fingerprint density at radius 1 is 1.05 bits per heavy atom. The fourth-order valence-electron chi connectivity index (χ4n) is 2.26. The van der Waals surface area contributed by atoms with E-state index in [1.807, 2.05) is 38.1 Å². The molecule has 5 nitrogen and oxygen atoms in total. The molecule has 0 amide bonds. The van der Waals surface area contributed by atoms with Crippen LogP contribution >= 0.6 is 0 Å². The smallest absolute Gasteiger partial charge is 0.304 e. The minimum atomic E-state index is -0.791. The highest BCUT2D eigenvalue weighted by Crippen LogP contribution is 2.13. The summed E-state index contributed by atoms with van der Waals surface area (Å²) in [7, 11) is 0. The van der Waals surface area contributed by atoms with Crippen LogP contribution in [0.25, 0.3) is 0 Å². The number of pyridine rings is 2. The van der Waals surface area contributed by atoms with E-state index in [1.165, 1.54) is 0 Å². The molecule has 2 aromatic heterocycles. The SMILES string of the molecule is Cc1cccnc1CN(CCC(=O)O)Cc1ncccc1C. The van der Waals surface area contributed by atoms with Crippen LogP contribution in [0.5, 0.6) is 0 Å². The van der Waals surface area contributed by atoms with E-state index >= 15 is 0 Å². The monoisotopic (exact) mass is 299 g/mol. The summed E-state index contributed by atoms with van der Waals surface area (Å²) >= 11 is 0. The maximum atomic E-state index is 10.9. The number of carbonyl (C=O) groups is 1. The van der Waals surface area contributed by atoms with Crippen molar-refractivity contribution in [2.24, 2.45) is 0 Å². The Morgan fingerprint density at radius 2 is 1.55 bits per heavy atom. The van der Waals surface area contributed by atoms with Crippen LogP contribution in [0.4, 0.5) is 0 Å². The molecular formula is C17H21N3O2. The normalized spacial score (nSPS) is 10.9. The van der Waals surface area contributed by atoms with Gasteiger partial charge in [0, 0.05) is 32.0 Å². The molecule has 2 aromatic rings. The van der Waals surface area contributed by atoms with Gasteiger partial charge in [-0.1, -0.05) is 12.1 Å². The molecule has 0 aromatic carbocycles. The molecule has 0 aliphatic carbocycles. The molecule has 0 atom stereocenters. The Kier molecular flexibility index (Phi) is 5.61. The molecule has 0 saturated heterocycles. The summed E-state index contributed by atoms with van der Waals surface area (Å²) in [6.07, 6.45) is 3.64. The second kappa shape index (κ2) is 7.66. The van der Waals surface area contributed by atoms with Crippen LogP contribution < -0.4 is 0 Å². The number of nitrogens with zero attached hydrogens (tertiary/aromatic N) is 3. The Morgan fingerprint density at radius 3 is 1.95 bits per heavy atom. The van der Waals surface area contributed by atoms with Gasteiger partial charge in [0.1, 0.15) is 0 Å². The zero-order chi connectivity index (χ0) is 15.9. The van der Waals surface area contributed by atoms with Crippen molar-refractivity contribution in [2.45, 2.75) is 33.4 Å². The largest absolute Gasteiger partial charge is 0.481 e. The molecule has 5 heteroatoms. The van der Waals surface area contributed by atoms with Gasteiger partial charge < -0.3 is 5.11 Å². The molecular weight excluding hydrogens is 278 g/mol. The number of hydrogen-bond donors (Lipinski definition) is 1. The highest BCUT2D eigenvalue weighted by Gasteiger charge is 2.13. The van der Waals surface area contributed by atoms with E-state index < -0.39 is 5.97 Å². The molecule has 1 N–H and O–H groups in total. The maximum absolute atomic E-state index is 10.9. The van der Waals surface area contributed by atoms with Crippen LogP contribution in [0, 0.1) is 13.8 Å². The van der Waals surface area contributed by atoms with Crippen molar-refractivity contribution in [1.29, 1.82) is 0 Å². The molecule has 0 aliphatic rings. The van der Waals surface area contributed by atoms with Crippen LogP contribution in [0.2, 0.25) is 0 Å². The second-order valence-electron chi connectivity index (χ2n) is 5.39. The number of rotatable bonds is 7. The number of aromatic nitrogens is 2. The van der Waals surface area contributed by atoms with Gasteiger partial charge in [-0.05, 0) is 37.1 Å². The molecule has 2 heterocycles. The predicted molar refractivity (Wildman–Crippen MR) is 84.3 cm³/mol. The lowest BCUT2D eigenvalue weighted by Crippen LogP contribution is -2.27. The Bertz CT molecular complexity index is 596. The maximum Gasteiger partial charge on any atom is 0.304 e. The van der Waals surface area contributed by atoms with Crippen molar-refractivity contribution in [3.05, 3.63) is 59.2 Å². The fourth-order valence-corrected chi connectivity index (χ4v) is 2.26. The van der Waals surface area contributed by atoms with Gasteiger partial charge in [-0.2, -0.15) is 0 Å². The van der Waals surface area contributed by atoms with Gasteiger partial charge in [0.2, 0.25) is 0 Å². The van der Waals surface area contributed by atoms with Gasteiger partial charge in [0.25, 0.3) is 0 Å². The van der Waals surface area contributed by atoms with E-state index in [0.717, 1.165) is 22.5 Å². The third kappa shape index (κ3) is 4.63. The van der Waals surface area contributed by atoms with Gasteiger partial charge in [0.15, 0.2) is 0 Å². The summed E-state index contributed by atoms with van der Waals surface area (Å²) in [4.78, 5) is 21.8. The summed E-state index contributed by atoms with van der Waals surface area (Å²) in [5.74, 6) is -0.791. The molecule has 0 bridgehead atoms. The van der Waals surface area contributed by atoms with Crippen molar-refractivity contribution in [3.8, 4) is 0 Å². The molecule has 0 saturated carbocycles. The van der Waals surface area contributed by atoms with Crippen LogP contribution in [-0.4, -0.2) is 32.5 Å². The Labute approximate surface area is 130 Å². The first-order chi connectivity index (χ1) is 10.6. The molecule has 22 heavy (non-hydrogen) atoms. The van der Waals surface area contributed by atoms with E-state index in [9.17, 15) is 4.79 Å². The van der Waals surface area contributed by atoms with Gasteiger partial charge in [-0.25, -0.2) is 0 Å². The molecule has 0 spiro atoms. The minimum Gasteiger partial charge on any atom is -0.481 e. The van der Waals surface area contributed by atoms with E-state index in [1.54, 1.807) is 12.4 Å². The highest BCUT2D eigenvalue weighted by molar-refractivity contribution is 5.66. The summed E-state index contributed by atoms with van der Waals surface area (Å²) in [6, 6.07) is 7.85. The molecule has 0 unspecified atom stereocenters. The Hall–Kier alpha value is -2.27. The second-order valence-corrected chi connectivity index (χ2v) is 5.39. The van der Waals surface area contributed by atoms with Gasteiger partial charge in [-0.15, -0.1) is 0 Å². The number of hydrogen-bond acceptors (Lipinski definition) is 4. The van der Waals surface area contributed by atoms with Crippen LogP contribution in [0.15, 0.2) is 36.7 Å². The van der Waals surface area contributed by atoms with Crippen molar-refractivity contribution in [2.75, 3.05) is 6.54 Å². The average molecular weight is 299 g/mol. The van der Waals surface area contributed by atoms with Crippen LogP contribution in [0.1, 0.15) is 28.9 Å². The van der Waals surface area contributed by atoms with E-state index in [2.05, 4.69) is 14.9 Å². The highest BCUT2D eigenvalue weighted by atomic mass is 16.4. The summed E-state index contributed by atoms with van der Waals surface area (Å²) in [6.45, 7) is 5.75. The lowest BCUT2D eigenvalue weighted by Gasteiger charge is -2.22. The first-order valence-corrected chi connectivity index (χ1v) is 7.31. The summed E-state index contributed by atoms with van der Waals surface area (Å²) in [5.41, 5.74) is 4.17. The van der Waals surface area contributed by atoms with Crippen molar-refractivity contribution in [1.82, 2.24) is 14.9 Å². The molecule has 0 radical (unpaired) electrons. The molecule has 116 valence electrons. The fraction of sp³-hybridized carbons (Fsp3) is 0.353. The number of aliphatic carboxylic acids is 1. The summed E-state index contributed by atoms with van der Waals surface area (Å²) in [5, 5.41) is 8.95. The average Bonchev–Trinajstić information content (AvgIpc) is 2.49. The zero-order valence-corrected chi connectivity index (χ0v) is 13.0. The number of aryl methyl sites for hydroxylation is 2. The third-order valence-corrected chi connectivity index (χ3v) is 3.62. The van der Waals surface area contributed by atoms with Gasteiger partial charge in [0.05, 0.1) is 17.8 Å². The predicted octanol–water partition coefficient (Wildman–Crippen LogP) is 2.57. The molecule has 0 fully saturated rings. The minimum absolute atomic E-state index is 0.109. The van der Waals surface area contributed by atoms with Crippen LogP contribution in [-0.2, 0) is 17.9 Å². The first kappa shape index (κ1) is 16.1. The Balaban J connectivity index is 2.14. The van der Waals surface area contributed by atoms with E-state index in [-0.39, 0.29) is 6.42 Å². The third-order valence-electron chi connectivity index (χ3n) is 3.62.